The van der Waals surface area contributed by atoms with Crippen molar-refractivity contribution in [2.75, 3.05) is 25.2 Å². The van der Waals surface area contributed by atoms with Crippen LogP contribution >= 0.6 is 23.2 Å². The summed E-state index contributed by atoms with van der Waals surface area (Å²) in [6, 6.07) is 16.3. The molecule has 28 heavy (non-hydrogen) atoms. The monoisotopic (exact) mass is 417 g/mol. The Morgan fingerprint density at radius 2 is 1.89 bits per heavy atom. The third kappa shape index (κ3) is 4.91. The molecule has 6 nitrogen and oxygen atoms in total. The fourth-order valence-electron chi connectivity index (χ4n) is 2.57. The van der Waals surface area contributed by atoms with Crippen LogP contribution in [0.25, 0.3) is 0 Å². The molecular formula is C20H17Cl2N3O3. The number of ether oxygens (including phenoxy) is 2. The van der Waals surface area contributed by atoms with E-state index in [9.17, 15) is 4.79 Å². The number of methoxy groups -OCH3 is 1. The van der Waals surface area contributed by atoms with E-state index in [0.29, 0.717) is 29.7 Å². The first kappa shape index (κ1) is 19.9. The normalized spacial score (nSPS) is 10.4. The van der Waals surface area contributed by atoms with Gasteiger partial charge < -0.3 is 14.4 Å². The quantitative estimate of drug-likeness (QED) is 0.406. The minimum Gasteiger partial charge on any atom is -0.492 e. The van der Waals surface area contributed by atoms with Gasteiger partial charge >= 0.3 is 5.97 Å². The Balaban J connectivity index is 1.89. The first-order chi connectivity index (χ1) is 13.6. The zero-order valence-electron chi connectivity index (χ0n) is 15.0. The van der Waals surface area contributed by atoms with Crippen LogP contribution in [0.3, 0.4) is 0 Å². The zero-order chi connectivity index (χ0) is 19.9. The molecule has 3 rings (SSSR count). The van der Waals surface area contributed by atoms with Gasteiger partial charge in [-0.3, -0.25) is 0 Å². The van der Waals surface area contributed by atoms with E-state index < -0.39 is 5.97 Å². The van der Waals surface area contributed by atoms with Crippen molar-refractivity contribution in [3.05, 3.63) is 76.7 Å². The molecule has 0 atom stereocenters. The van der Waals surface area contributed by atoms with Gasteiger partial charge in [0.25, 0.3) is 0 Å². The summed E-state index contributed by atoms with van der Waals surface area (Å²) >= 11 is 12.1. The van der Waals surface area contributed by atoms with Gasteiger partial charge in [-0.25, -0.2) is 14.8 Å². The smallest absolute Gasteiger partial charge is 0.339 e. The van der Waals surface area contributed by atoms with Crippen LogP contribution in [-0.2, 0) is 4.74 Å². The molecule has 2 aromatic carbocycles. The lowest BCUT2D eigenvalue weighted by Gasteiger charge is -2.24. The Kier molecular flexibility index (Phi) is 6.68. The molecule has 0 saturated carbocycles. The van der Waals surface area contributed by atoms with Gasteiger partial charge in [0, 0.05) is 11.9 Å². The second-order valence-corrected chi connectivity index (χ2v) is 6.40. The number of benzene rings is 2. The van der Waals surface area contributed by atoms with Crippen LogP contribution in [0.5, 0.6) is 5.75 Å². The van der Waals surface area contributed by atoms with Crippen LogP contribution in [0.2, 0.25) is 10.3 Å². The Hall–Kier alpha value is -2.83. The Labute approximate surface area is 172 Å². The summed E-state index contributed by atoms with van der Waals surface area (Å²) in [6.45, 7) is 0.826. The molecule has 0 bridgehead atoms. The molecule has 0 aliphatic heterocycles. The second kappa shape index (κ2) is 9.39. The number of carbonyl (C=O) groups excluding carboxylic acids is 1. The lowest BCUT2D eigenvalue weighted by molar-refractivity contribution is 0.0601. The molecule has 144 valence electrons. The van der Waals surface area contributed by atoms with Gasteiger partial charge in [-0.1, -0.05) is 29.8 Å². The number of rotatable bonds is 7. The minimum absolute atomic E-state index is 0.119. The van der Waals surface area contributed by atoms with Gasteiger partial charge in [0.2, 0.25) is 5.28 Å². The summed E-state index contributed by atoms with van der Waals surface area (Å²) in [5.74, 6) is 0.803. The second-order valence-electron chi connectivity index (χ2n) is 5.65. The van der Waals surface area contributed by atoms with Crippen molar-refractivity contribution in [1.29, 1.82) is 0 Å². The third-order valence-electron chi connectivity index (χ3n) is 3.88. The molecule has 0 radical (unpaired) electrons. The Morgan fingerprint density at radius 1 is 1.11 bits per heavy atom. The molecule has 3 aromatic rings. The van der Waals surface area contributed by atoms with E-state index in [0.717, 1.165) is 5.75 Å². The lowest BCUT2D eigenvalue weighted by atomic mass is 10.2. The van der Waals surface area contributed by atoms with E-state index in [1.807, 2.05) is 35.2 Å². The first-order valence-electron chi connectivity index (χ1n) is 8.40. The molecule has 0 aliphatic carbocycles. The van der Waals surface area contributed by atoms with Gasteiger partial charge in [0.05, 0.1) is 24.2 Å². The predicted octanol–water partition coefficient (Wildman–Crippen LogP) is 4.79. The zero-order valence-corrected chi connectivity index (χ0v) is 16.5. The highest BCUT2D eigenvalue weighted by atomic mass is 35.5. The highest BCUT2D eigenvalue weighted by Crippen LogP contribution is 2.28. The van der Waals surface area contributed by atoms with E-state index in [4.69, 9.17) is 32.7 Å². The number of hydrogen-bond acceptors (Lipinski definition) is 6. The van der Waals surface area contributed by atoms with E-state index in [1.54, 1.807) is 30.5 Å². The molecule has 1 aromatic heterocycles. The fraction of sp³-hybridized carbons (Fsp3) is 0.150. The van der Waals surface area contributed by atoms with Crippen LogP contribution in [-0.4, -0.2) is 36.2 Å². The standard InChI is InChI=1S/C20H17Cl2N3O3/c1-27-19(26)16-13-14(7-8-17(16)21)25(18-9-10-23-20(22)24-18)11-12-28-15-5-3-2-4-6-15/h2-10,13H,11-12H2,1H3. The average molecular weight is 418 g/mol. The fourth-order valence-corrected chi connectivity index (χ4v) is 2.91. The van der Waals surface area contributed by atoms with Crippen molar-refractivity contribution in [3.8, 4) is 5.75 Å². The van der Waals surface area contributed by atoms with Crippen LogP contribution < -0.4 is 9.64 Å². The predicted molar refractivity (Wildman–Crippen MR) is 109 cm³/mol. The highest BCUT2D eigenvalue weighted by molar-refractivity contribution is 6.33. The van der Waals surface area contributed by atoms with Gasteiger partial charge in [-0.2, -0.15) is 0 Å². The summed E-state index contributed by atoms with van der Waals surface area (Å²) in [6.07, 6.45) is 1.56. The molecule has 1 heterocycles. The van der Waals surface area contributed by atoms with Gasteiger partial charge in [-0.05, 0) is 48.0 Å². The molecule has 0 fully saturated rings. The number of anilines is 2. The summed E-state index contributed by atoms with van der Waals surface area (Å²) in [4.78, 5) is 22.0. The lowest BCUT2D eigenvalue weighted by Crippen LogP contribution is -2.25. The molecule has 0 aliphatic rings. The topological polar surface area (TPSA) is 64.5 Å². The van der Waals surface area contributed by atoms with Crippen molar-refractivity contribution in [2.24, 2.45) is 0 Å². The van der Waals surface area contributed by atoms with Crippen LogP contribution in [0.1, 0.15) is 10.4 Å². The summed E-state index contributed by atoms with van der Waals surface area (Å²) < 4.78 is 10.6. The molecule has 8 heteroatoms. The van der Waals surface area contributed by atoms with Crippen LogP contribution in [0, 0.1) is 0 Å². The van der Waals surface area contributed by atoms with E-state index in [2.05, 4.69) is 9.97 Å². The maximum atomic E-state index is 12.0. The molecule has 0 amide bonds. The number of aromatic nitrogens is 2. The molecule has 0 saturated heterocycles. The average Bonchev–Trinajstić information content (AvgIpc) is 2.72. The largest absolute Gasteiger partial charge is 0.492 e. The number of halogens is 2. The van der Waals surface area contributed by atoms with E-state index in [1.165, 1.54) is 7.11 Å². The third-order valence-corrected chi connectivity index (χ3v) is 4.39. The van der Waals surface area contributed by atoms with Crippen molar-refractivity contribution in [1.82, 2.24) is 9.97 Å². The highest BCUT2D eigenvalue weighted by Gasteiger charge is 2.17. The molecule has 0 unspecified atom stereocenters. The number of hydrogen-bond donors (Lipinski definition) is 0. The van der Waals surface area contributed by atoms with Crippen molar-refractivity contribution in [2.45, 2.75) is 0 Å². The Bertz CT molecular complexity index is 954. The number of nitrogens with zero attached hydrogens (tertiary/aromatic N) is 3. The maximum absolute atomic E-state index is 12.0. The van der Waals surface area contributed by atoms with Crippen LogP contribution in [0.15, 0.2) is 60.8 Å². The maximum Gasteiger partial charge on any atom is 0.339 e. The molecule has 0 N–H and O–H groups in total. The summed E-state index contributed by atoms with van der Waals surface area (Å²) in [7, 11) is 1.31. The van der Waals surface area contributed by atoms with Crippen molar-refractivity contribution < 1.29 is 14.3 Å². The van der Waals surface area contributed by atoms with Gasteiger partial charge in [0.1, 0.15) is 18.2 Å². The van der Waals surface area contributed by atoms with E-state index in [-0.39, 0.29) is 10.8 Å². The number of carbonyl (C=O) groups is 1. The Morgan fingerprint density at radius 3 is 2.61 bits per heavy atom. The molecular weight excluding hydrogens is 401 g/mol. The summed E-state index contributed by atoms with van der Waals surface area (Å²) in [5, 5.41) is 0.422. The number of para-hydroxylation sites is 1. The number of esters is 1. The van der Waals surface area contributed by atoms with Crippen LogP contribution in [0.4, 0.5) is 11.5 Å². The van der Waals surface area contributed by atoms with Gasteiger partial charge in [-0.15, -0.1) is 0 Å². The van der Waals surface area contributed by atoms with Crippen molar-refractivity contribution in [3.63, 3.8) is 0 Å². The SMILES string of the molecule is COC(=O)c1cc(N(CCOc2ccccc2)c2ccnc(Cl)n2)ccc1Cl. The molecule has 0 spiro atoms. The van der Waals surface area contributed by atoms with Crippen molar-refractivity contribution >= 4 is 40.7 Å². The first-order valence-corrected chi connectivity index (χ1v) is 9.16. The van der Waals surface area contributed by atoms with E-state index >= 15 is 0 Å². The summed E-state index contributed by atoms with van der Waals surface area (Å²) in [5.41, 5.74) is 0.951. The minimum atomic E-state index is -0.520. The van der Waals surface area contributed by atoms with Gasteiger partial charge in [0.15, 0.2) is 0 Å².